The first-order valence-corrected chi connectivity index (χ1v) is 10.6. The van der Waals surface area contributed by atoms with Crippen molar-refractivity contribution in [1.29, 1.82) is 0 Å². The standard InChI is InChI=1S/C22H32O11/c1-3-4-9-21(30)18(27)22(31,13-5-7-14(23)8-6-13)15(33-19(21)28)12-32-17(26)11-20(2,29)10-16(24)25/h5-8,15,18-19,23,27-31H,3-4,9-12H2,1-2H3,(H,24,25)/t15-,18-,19+,20+,21-,22-/m1/s1. The van der Waals surface area contributed by atoms with E-state index >= 15 is 0 Å². The van der Waals surface area contributed by atoms with Gasteiger partial charge in [-0.2, -0.15) is 0 Å². The highest BCUT2D eigenvalue weighted by atomic mass is 16.7. The van der Waals surface area contributed by atoms with Crippen LogP contribution in [0.4, 0.5) is 0 Å². The fourth-order valence-electron chi connectivity index (χ4n) is 3.95. The number of carbonyl (C=O) groups excluding carboxylic acids is 1. The maximum atomic E-state index is 12.2. The Hall–Kier alpha value is -2.28. The average molecular weight is 472 g/mol. The molecule has 0 unspecified atom stereocenters. The van der Waals surface area contributed by atoms with Crippen LogP contribution >= 0.6 is 0 Å². The molecule has 0 aliphatic carbocycles. The van der Waals surface area contributed by atoms with Crippen LogP contribution < -0.4 is 0 Å². The molecule has 0 saturated carbocycles. The topological polar surface area (TPSA) is 194 Å². The van der Waals surface area contributed by atoms with Gasteiger partial charge in [-0.05, 0) is 31.0 Å². The molecule has 0 amide bonds. The van der Waals surface area contributed by atoms with Crippen LogP contribution in [0, 0.1) is 0 Å². The van der Waals surface area contributed by atoms with Crippen molar-refractivity contribution in [1.82, 2.24) is 0 Å². The monoisotopic (exact) mass is 472 g/mol. The summed E-state index contributed by atoms with van der Waals surface area (Å²) in [6.45, 7) is 2.28. The quantitative estimate of drug-likeness (QED) is 0.222. The summed E-state index contributed by atoms with van der Waals surface area (Å²) >= 11 is 0. The molecule has 1 aliphatic rings. The molecule has 1 heterocycles. The summed E-state index contributed by atoms with van der Waals surface area (Å²) in [6, 6.07) is 5.04. The maximum absolute atomic E-state index is 12.2. The average Bonchev–Trinajstić information content (AvgIpc) is 2.71. The van der Waals surface area contributed by atoms with Gasteiger partial charge >= 0.3 is 11.9 Å². The van der Waals surface area contributed by atoms with Gasteiger partial charge in [0, 0.05) is 0 Å². The number of aliphatic hydroxyl groups excluding tert-OH is 2. The summed E-state index contributed by atoms with van der Waals surface area (Å²) in [5.41, 5.74) is -6.47. The summed E-state index contributed by atoms with van der Waals surface area (Å²) in [4.78, 5) is 23.0. The van der Waals surface area contributed by atoms with Crippen LogP contribution in [0.1, 0.15) is 51.5 Å². The van der Waals surface area contributed by atoms with E-state index in [0.717, 1.165) is 6.92 Å². The summed E-state index contributed by atoms with van der Waals surface area (Å²) < 4.78 is 10.5. The number of carboxylic acid groups (broad SMARTS) is 1. The molecule has 1 fully saturated rings. The van der Waals surface area contributed by atoms with Crippen molar-refractivity contribution in [3.05, 3.63) is 29.8 Å². The SMILES string of the molecule is CCCC[C@@]1(O)[C@@H](O)[C@@](O)(c2ccc(O)cc2)[C@@H](COC(=O)C[C@@](C)(O)CC(=O)O)O[C@@H]1O. The van der Waals surface area contributed by atoms with Crippen molar-refractivity contribution in [2.24, 2.45) is 0 Å². The van der Waals surface area contributed by atoms with Crippen molar-refractivity contribution in [2.75, 3.05) is 6.61 Å². The zero-order chi connectivity index (χ0) is 25.0. The summed E-state index contributed by atoms with van der Waals surface area (Å²) in [5.74, 6) is -2.45. The molecule has 0 aromatic heterocycles. The fourth-order valence-corrected chi connectivity index (χ4v) is 3.95. The van der Waals surface area contributed by atoms with Gasteiger partial charge in [-0.1, -0.05) is 31.9 Å². The van der Waals surface area contributed by atoms with Gasteiger partial charge in [0.05, 0.1) is 18.4 Å². The number of hydrogen-bond acceptors (Lipinski definition) is 10. The zero-order valence-corrected chi connectivity index (χ0v) is 18.5. The third-order valence-electron chi connectivity index (χ3n) is 5.82. The van der Waals surface area contributed by atoms with Gasteiger partial charge in [-0.25, -0.2) is 0 Å². The van der Waals surface area contributed by atoms with E-state index in [1.807, 2.05) is 6.92 Å². The molecule has 1 aromatic rings. The van der Waals surface area contributed by atoms with Gasteiger partial charge < -0.3 is 45.2 Å². The van der Waals surface area contributed by atoms with E-state index in [4.69, 9.17) is 14.6 Å². The Morgan fingerprint density at radius 3 is 2.30 bits per heavy atom. The molecule has 0 spiro atoms. The molecule has 6 atom stereocenters. The third-order valence-corrected chi connectivity index (χ3v) is 5.82. The third kappa shape index (κ3) is 5.99. The van der Waals surface area contributed by atoms with Gasteiger partial charge in [-0.3, -0.25) is 9.59 Å². The van der Waals surface area contributed by atoms with Gasteiger partial charge in [0.2, 0.25) is 0 Å². The van der Waals surface area contributed by atoms with Crippen LogP contribution in [0.2, 0.25) is 0 Å². The molecule has 11 heteroatoms. The van der Waals surface area contributed by atoms with Crippen LogP contribution in [-0.2, 0) is 24.7 Å². The van der Waals surface area contributed by atoms with Crippen molar-refractivity contribution >= 4 is 11.9 Å². The second-order valence-electron chi connectivity index (χ2n) is 8.77. The summed E-state index contributed by atoms with van der Waals surface area (Å²) in [6.07, 6.45) is -5.90. The van der Waals surface area contributed by atoms with Crippen LogP contribution in [0.15, 0.2) is 24.3 Å². The molecule has 2 rings (SSSR count). The molecule has 7 N–H and O–H groups in total. The minimum atomic E-state index is -2.36. The molecule has 1 aliphatic heterocycles. The molecule has 0 radical (unpaired) electrons. The highest BCUT2D eigenvalue weighted by molar-refractivity contribution is 5.73. The Balaban J connectivity index is 2.30. The lowest BCUT2D eigenvalue weighted by atomic mass is 9.71. The van der Waals surface area contributed by atoms with Crippen molar-refractivity contribution in [3.63, 3.8) is 0 Å². The second-order valence-corrected chi connectivity index (χ2v) is 8.77. The van der Waals surface area contributed by atoms with Crippen LogP contribution in [0.25, 0.3) is 0 Å². The van der Waals surface area contributed by atoms with Gasteiger partial charge in [0.25, 0.3) is 0 Å². The molecule has 0 bridgehead atoms. The number of carbonyl (C=O) groups is 2. The zero-order valence-electron chi connectivity index (χ0n) is 18.5. The van der Waals surface area contributed by atoms with Crippen molar-refractivity contribution in [3.8, 4) is 5.75 Å². The molecule has 1 aromatic carbocycles. The minimum Gasteiger partial charge on any atom is -0.508 e. The number of unbranched alkanes of at least 4 members (excludes halogenated alkanes) is 1. The Bertz CT molecular complexity index is 824. The number of phenols is 1. The summed E-state index contributed by atoms with van der Waals surface area (Å²) in [7, 11) is 0. The number of aliphatic hydroxyl groups is 5. The Kier molecular flexibility index (Phi) is 8.44. The lowest BCUT2D eigenvalue weighted by Crippen LogP contribution is -2.71. The Morgan fingerprint density at radius 1 is 1.15 bits per heavy atom. The van der Waals surface area contributed by atoms with E-state index in [-0.39, 0.29) is 17.7 Å². The van der Waals surface area contributed by atoms with E-state index < -0.39 is 66.7 Å². The van der Waals surface area contributed by atoms with Crippen LogP contribution in [0.5, 0.6) is 5.75 Å². The predicted molar refractivity (Wildman–Crippen MR) is 112 cm³/mol. The predicted octanol–water partition coefficient (Wildman–Crippen LogP) is -0.262. The van der Waals surface area contributed by atoms with Crippen molar-refractivity contribution < 1.29 is 54.8 Å². The number of benzene rings is 1. The number of aliphatic carboxylic acids is 1. The minimum absolute atomic E-state index is 0.0218. The first-order valence-electron chi connectivity index (χ1n) is 10.6. The van der Waals surface area contributed by atoms with E-state index in [1.54, 1.807) is 0 Å². The highest BCUT2D eigenvalue weighted by Gasteiger charge is 2.62. The van der Waals surface area contributed by atoms with Crippen LogP contribution in [0.3, 0.4) is 0 Å². The van der Waals surface area contributed by atoms with Gasteiger partial charge in [0.1, 0.15) is 35.8 Å². The highest BCUT2D eigenvalue weighted by Crippen LogP contribution is 2.44. The summed E-state index contributed by atoms with van der Waals surface area (Å²) in [5, 5.41) is 72.4. The van der Waals surface area contributed by atoms with Crippen LogP contribution in [-0.4, -0.2) is 84.0 Å². The van der Waals surface area contributed by atoms with E-state index in [9.17, 15) is 40.2 Å². The molecule has 186 valence electrons. The van der Waals surface area contributed by atoms with E-state index in [2.05, 4.69) is 0 Å². The fraction of sp³-hybridized carbons (Fsp3) is 0.636. The Morgan fingerprint density at radius 2 is 1.76 bits per heavy atom. The number of rotatable bonds is 10. The molecule has 11 nitrogen and oxygen atoms in total. The largest absolute Gasteiger partial charge is 0.508 e. The maximum Gasteiger partial charge on any atom is 0.308 e. The van der Waals surface area contributed by atoms with Gasteiger partial charge in [-0.15, -0.1) is 0 Å². The number of phenolic OH excluding ortho intramolecular Hbond substituents is 1. The number of aromatic hydroxyl groups is 1. The smallest absolute Gasteiger partial charge is 0.308 e. The van der Waals surface area contributed by atoms with E-state index in [1.165, 1.54) is 24.3 Å². The first-order chi connectivity index (χ1) is 15.3. The number of hydrogen-bond donors (Lipinski definition) is 7. The number of carboxylic acids is 1. The second kappa shape index (κ2) is 10.3. The van der Waals surface area contributed by atoms with Gasteiger partial charge in [0.15, 0.2) is 6.29 Å². The van der Waals surface area contributed by atoms with Crippen molar-refractivity contribution in [2.45, 2.75) is 81.3 Å². The number of ether oxygens (including phenoxy) is 2. The van der Waals surface area contributed by atoms with E-state index in [0.29, 0.717) is 12.8 Å². The lowest BCUT2D eigenvalue weighted by Gasteiger charge is -2.52. The number of esters is 1. The first kappa shape index (κ1) is 27.0. The molecule has 33 heavy (non-hydrogen) atoms. The molecular weight excluding hydrogens is 440 g/mol. The Labute approximate surface area is 190 Å². The normalized spacial score (nSPS) is 31.5. The molecule has 1 saturated heterocycles. The molecular formula is C22H32O11. The lowest BCUT2D eigenvalue weighted by molar-refractivity contribution is -0.364.